The summed E-state index contributed by atoms with van der Waals surface area (Å²) < 4.78 is 50.3. The van der Waals surface area contributed by atoms with Gasteiger partial charge in [-0.05, 0) is 189 Å². The first kappa shape index (κ1) is 52.7. The Hall–Kier alpha value is -13.0. The molecule has 0 aliphatic heterocycles. The van der Waals surface area contributed by atoms with Gasteiger partial charge in [-0.25, -0.2) is 19.4 Å². The monoisotopic (exact) mass is 1100 g/mol. The Morgan fingerprint density at radius 1 is 0.365 bits per heavy atom. The van der Waals surface area contributed by atoms with Crippen LogP contribution in [0, 0.1) is 89.9 Å². The van der Waals surface area contributed by atoms with E-state index in [2.05, 4.69) is 49.7 Å². The smallest absolute Gasteiger partial charge is 0.308 e. The maximum atomic E-state index is 15.5. The van der Waals surface area contributed by atoms with Crippen LogP contribution in [0.1, 0.15) is 38.9 Å². The Bertz CT molecular complexity index is 4690. The minimum Gasteiger partial charge on any atom is -0.308 e. The molecule has 0 fully saturated rings. The van der Waals surface area contributed by atoms with Crippen molar-refractivity contribution >= 4 is 66.4 Å². The molecule has 0 aliphatic carbocycles. The van der Waals surface area contributed by atoms with E-state index in [1.165, 1.54) is 30.3 Å². The van der Waals surface area contributed by atoms with Crippen molar-refractivity contribution in [3.05, 3.63) is 261 Å². The van der Waals surface area contributed by atoms with Gasteiger partial charge in [-0.1, -0.05) is 54.6 Å². The van der Waals surface area contributed by atoms with Crippen LogP contribution in [0.2, 0.25) is 0 Å². The molecule has 0 saturated carbocycles. The standard InChI is InChI=1S/C71H32F3N11/c1-40-7-6-8-63(71(72,73)74)70(40)53-32-68(84-64-13-9-45(49-18-41(35-75)17-42(19-49)36-76)28-58(64)59-29-46(10-14-65(59)84)50-20-43(37-77)22-54(24-50)80-2)62(39-79)69(33-53)85-66-15-11-47(51-21-44(38-78)23-55(25-51)81-3)30-60(66)61-31-48(12-16-67(61)85)52-26-56(82-4)34-57(27-52)83-5/h6-34H,1H3. The van der Waals surface area contributed by atoms with E-state index in [0.717, 1.165) is 6.07 Å². The van der Waals surface area contributed by atoms with Crippen LogP contribution < -0.4 is 0 Å². The van der Waals surface area contributed by atoms with E-state index in [1.807, 2.05) is 75.9 Å². The van der Waals surface area contributed by atoms with Gasteiger partial charge in [-0.15, -0.1) is 0 Å². The van der Waals surface area contributed by atoms with Crippen LogP contribution in [0.4, 0.5) is 35.9 Å². The number of hydrogen-bond donors (Lipinski definition) is 0. The van der Waals surface area contributed by atoms with Crippen LogP contribution >= 0.6 is 0 Å². The summed E-state index contributed by atoms with van der Waals surface area (Å²) in [6.07, 6.45) is -4.83. The molecule has 0 bridgehead atoms. The zero-order chi connectivity index (χ0) is 59.4. The molecule has 10 aromatic carbocycles. The third kappa shape index (κ3) is 9.07. The quantitative estimate of drug-likeness (QED) is 0.146. The van der Waals surface area contributed by atoms with Gasteiger partial charge >= 0.3 is 6.18 Å². The van der Waals surface area contributed by atoms with Crippen LogP contribution in [0.3, 0.4) is 0 Å². The lowest BCUT2D eigenvalue weighted by Crippen LogP contribution is -2.10. The van der Waals surface area contributed by atoms with E-state index in [1.54, 1.807) is 79.7 Å². The van der Waals surface area contributed by atoms with E-state index in [-0.39, 0.29) is 73.1 Å². The molecule has 12 aromatic rings. The van der Waals surface area contributed by atoms with Crippen molar-refractivity contribution in [2.45, 2.75) is 13.1 Å². The zero-order valence-electron chi connectivity index (χ0n) is 44.3. The predicted octanol–water partition coefficient (Wildman–Crippen LogP) is 19.1. The van der Waals surface area contributed by atoms with E-state index < -0.39 is 11.7 Å². The SMILES string of the molecule is [C-]#[N+]c1cc(C#N)cc(-c2ccc3c(c2)c2cc(-c4cc(C#N)cc(C#N)c4)ccc2n3-c2cc(-c3c(C)cccc3C(F)(F)F)cc(-n3c4ccc(-c5cc(C#N)cc([N+]#[C-])c5)cc4c4cc(-c5cc([N+]#[C-])cc([N+]#[C-])c5)ccc43)c2C#N)c1. The third-order valence-electron chi connectivity index (χ3n) is 15.1. The van der Waals surface area contributed by atoms with Crippen molar-refractivity contribution in [2.75, 3.05) is 0 Å². The van der Waals surface area contributed by atoms with Crippen molar-refractivity contribution < 1.29 is 13.2 Å². The molecule has 0 radical (unpaired) electrons. The number of benzene rings is 10. The van der Waals surface area contributed by atoms with Crippen molar-refractivity contribution in [3.63, 3.8) is 0 Å². The predicted molar refractivity (Wildman–Crippen MR) is 321 cm³/mol. The van der Waals surface area contributed by atoms with Gasteiger partial charge < -0.3 is 9.13 Å². The number of alkyl halides is 3. The van der Waals surface area contributed by atoms with Gasteiger partial charge in [0.05, 0.1) is 101 Å². The lowest BCUT2D eigenvalue weighted by molar-refractivity contribution is -0.137. The van der Waals surface area contributed by atoms with Gasteiger partial charge in [0.1, 0.15) is 11.6 Å². The molecule has 0 saturated heterocycles. The summed E-state index contributed by atoms with van der Waals surface area (Å²) in [6, 6.07) is 59.6. The molecule has 11 nitrogen and oxygen atoms in total. The summed E-state index contributed by atoms with van der Waals surface area (Å²) in [5.41, 5.74) is 8.80. The van der Waals surface area contributed by atoms with Gasteiger partial charge in [-0.2, -0.15) is 39.5 Å². The molecule has 2 heterocycles. The van der Waals surface area contributed by atoms with Crippen LogP contribution in [-0.2, 0) is 6.18 Å². The van der Waals surface area contributed by atoms with E-state index in [4.69, 9.17) is 26.3 Å². The fraction of sp³-hybridized carbons (Fsp3) is 0.0282. The van der Waals surface area contributed by atoms with Crippen LogP contribution in [0.5, 0.6) is 0 Å². The van der Waals surface area contributed by atoms with E-state index >= 15 is 13.2 Å². The summed E-state index contributed by atoms with van der Waals surface area (Å²) >= 11 is 0. The van der Waals surface area contributed by atoms with Crippen LogP contribution in [-0.4, -0.2) is 9.13 Å². The average molecular weight is 1100 g/mol. The second kappa shape index (κ2) is 20.6. The molecular formula is C71H32F3N11. The highest BCUT2D eigenvalue weighted by molar-refractivity contribution is 6.14. The number of hydrogen-bond acceptors (Lipinski definition) is 5. The molecule has 0 unspecified atom stereocenters. The molecule has 85 heavy (non-hydrogen) atoms. The fourth-order valence-corrected chi connectivity index (χ4v) is 11.4. The highest BCUT2D eigenvalue weighted by atomic mass is 19.4. The molecule has 0 N–H and O–H groups in total. The molecule has 14 heteroatoms. The summed E-state index contributed by atoms with van der Waals surface area (Å²) in [7, 11) is 0. The number of nitrogens with zero attached hydrogens (tertiary/aromatic N) is 11. The lowest BCUT2D eigenvalue weighted by Gasteiger charge is -2.21. The Morgan fingerprint density at radius 2 is 0.706 bits per heavy atom. The maximum Gasteiger partial charge on any atom is 0.417 e. The van der Waals surface area contributed by atoms with Crippen molar-refractivity contribution in [2.24, 2.45) is 0 Å². The molecular weight excluding hydrogens is 1060 g/mol. The number of rotatable bonds is 7. The second-order valence-corrected chi connectivity index (χ2v) is 20.1. The first-order valence-electron chi connectivity index (χ1n) is 25.8. The minimum atomic E-state index is -4.83. The maximum absolute atomic E-state index is 15.5. The number of halogens is 3. The van der Waals surface area contributed by atoms with E-state index in [0.29, 0.717) is 93.7 Å². The van der Waals surface area contributed by atoms with E-state index in [9.17, 15) is 26.3 Å². The number of aryl methyl sites for hydroxylation is 1. The fourth-order valence-electron chi connectivity index (χ4n) is 11.4. The number of fused-ring (bicyclic) bond motifs is 6. The topological polar surface area (TPSA) is 146 Å². The van der Waals surface area contributed by atoms with Gasteiger partial charge in [0.25, 0.3) is 0 Å². The zero-order valence-corrected chi connectivity index (χ0v) is 44.3. The Kier molecular flexibility index (Phi) is 12.8. The van der Waals surface area contributed by atoms with Gasteiger partial charge in [0, 0.05) is 32.7 Å². The first-order chi connectivity index (χ1) is 41.2. The minimum absolute atomic E-state index is 0.0588. The highest BCUT2D eigenvalue weighted by Gasteiger charge is 2.35. The third-order valence-corrected chi connectivity index (χ3v) is 15.1. The summed E-state index contributed by atoms with van der Waals surface area (Å²) in [4.78, 5) is 14.5. The number of nitriles is 5. The largest absolute Gasteiger partial charge is 0.417 e. The van der Waals surface area contributed by atoms with Gasteiger partial charge in [0.15, 0.2) is 22.7 Å². The number of aromatic nitrogens is 2. The molecule has 12 rings (SSSR count). The molecule has 0 atom stereocenters. The molecule has 2 aromatic heterocycles. The second-order valence-electron chi connectivity index (χ2n) is 20.1. The molecule has 0 aliphatic rings. The summed E-state index contributed by atoms with van der Waals surface area (Å²) in [6.45, 7) is 32.8. The van der Waals surface area contributed by atoms with Crippen LogP contribution in [0.25, 0.3) is 130 Å². The summed E-state index contributed by atoms with van der Waals surface area (Å²) in [5, 5.41) is 54.3. The lowest BCUT2D eigenvalue weighted by atomic mass is 9.92. The molecule has 0 spiro atoms. The highest BCUT2D eigenvalue weighted by Crippen LogP contribution is 2.47. The van der Waals surface area contributed by atoms with Crippen molar-refractivity contribution in [1.29, 1.82) is 26.3 Å². The first-order valence-corrected chi connectivity index (χ1v) is 25.8. The average Bonchev–Trinajstić information content (AvgIpc) is 2.23. The molecule has 392 valence electrons. The van der Waals surface area contributed by atoms with Gasteiger partial charge in [-0.3, -0.25) is 0 Å². The van der Waals surface area contributed by atoms with Crippen molar-refractivity contribution in [1.82, 2.24) is 9.13 Å². The normalized spacial score (nSPS) is 11.0. The molecule has 0 amide bonds. The van der Waals surface area contributed by atoms with Crippen molar-refractivity contribution in [3.8, 4) is 97.4 Å². The Labute approximate surface area is 483 Å². The Morgan fingerprint density at radius 3 is 1.05 bits per heavy atom. The van der Waals surface area contributed by atoms with Gasteiger partial charge in [0.2, 0.25) is 0 Å². The van der Waals surface area contributed by atoms with Crippen LogP contribution in [0.15, 0.2) is 176 Å². The summed E-state index contributed by atoms with van der Waals surface area (Å²) in [5.74, 6) is 0. The Balaban J connectivity index is 1.22.